The number of hydrogen-bond acceptors (Lipinski definition) is 9. The highest BCUT2D eigenvalue weighted by atomic mass is 35.5. The number of carbonyl (C=O) groups excluding carboxylic acids is 2. The number of halogens is 1. The van der Waals surface area contributed by atoms with Gasteiger partial charge in [-0.1, -0.05) is 11.6 Å². The quantitative estimate of drug-likeness (QED) is 0.430. The molecule has 2 amide bonds. The lowest BCUT2D eigenvalue weighted by molar-refractivity contribution is -0.150. The second-order valence-electron chi connectivity index (χ2n) is 9.18. The summed E-state index contributed by atoms with van der Waals surface area (Å²) in [6.45, 7) is 10.8. The highest BCUT2D eigenvalue weighted by molar-refractivity contribution is 6.31. The summed E-state index contributed by atoms with van der Waals surface area (Å²) < 4.78 is 16.2. The van der Waals surface area contributed by atoms with Crippen molar-refractivity contribution < 1.29 is 23.8 Å². The first kappa shape index (κ1) is 29.3. The lowest BCUT2D eigenvalue weighted by Gasteiger charge is -2.35. The van der Waals surface area contributed by atoms with Crippen LogP contribution in [0.2, 0.25) is 5.02 Å². The second kappa shape index (κ2) is 14.6. The van der Waals surface area contributed by atoms with Gasteiger partial charge in [0.2, 0.25) is 5.88 Å². The second-order valence-corrected chi connectivity index (χ2v) is 9.62. The Balaban J connectivity index is 0.000000222. The summed E-state index contributed by atoms with van der Waals surface area (Å²) in [6, 6.07) is 12.4. The van der Waals surface area contributed by atoms with Gasteiger partial charge < -0.3 is 34.6 Å². The van der Waals surface area contributed by atoms with E-state index in [0.29, 0.717) is 40.0 Å². The molecule has 40 heavy (non-hydrogen) atoms. The first-order valence-electron chi connectivity index (χ1n) is 13.4. The zero-order valence-corrected chi connectivity index (χ0v) is 23.5. The number of hydrogen-bond donors (Lipinski definition) is 2. The summed E-state index contributed by atoms with van der Waals surface area (Å²) >= 11 is 5.94. The van der Waals surface area contributed by atoms with E-state index < -0.39 is 12.1 Å². The Bertz CT molecular complexity index is 1250. The average molecular weight is 571 g/mol. The van der Waals surface area contributed by atoms with E-state index in [1.165, 1.54) is 6.20 Å². The number of nitrogens with one attached hydrogen (secondary N) is 2. The molecule has 0 saturated carbocycles. The van der Waals surface area contributed by atoms with E-state index in [4.69, 9.17) is 25.8 Å². The number of carbonyl (C=O) groups is 2. The standard InChI is InChI=1S/C19H17ClN2O4.C9H18N4O/c1-3-24-19(23)12(2)25-14-5-7-15(8-6-14)26-18-11-21-17-10-13(20)4-9-16(17)22-18;14-9(12-5-1-10-2-6-12)13-7-3-11-4-8-13/h4-12H,3H2,1-2H3;10-11H,1-8H2. The van der Waals surface area contributed by atoms with Crippen molar-refractivity contribution in [2.24, 2.45) is 0 Å². The predicted octanol–water partition coefficient (Wildman–Crippen LogP) is 3.32. The Labute approximate surface area is 238 Å². The molecule has 2 aromatic carbocycles. The molecule has 0 spiro atoms. The highest BCUT2D eigenvalue weighted by Crippen LogP contribution is 2.25. The smallest absolute Gasteiger partial charge is 0.347 e. The number of piperazine rings is 2. The van der Waals surface area contributed by atoms with Crippen LogP contribution in [0.5, 0.6) is 17.4 Å². The molecular weight excluding hydrogens is 536 g/mol. The lowest BCUT2D eigenvalue weighted by Crippen LogP contribution is -2.55. The molecule has 11 nitrogen and oxygen atoms in total. The van der Waals surface area contributed by atoms with Crippen molar-refractivity contribution in [2.45, 2.75) is 20.0 Å². The molecule has 0 bridgehead atoms. The first-order valence-corrected chi connectivity index (χ1v) is 13.8. The van der Waals surface area contributed by atoms with Crippen LogP contribution in [0.25, 0.3) is 11.0 Å². The van der Waals surface area contributed by atoms with Crippen molar-refractivity contribution in [1.82, 2.24) is 30.4 Å². The minimum atomic E-state index is -0.681. The van der Waals surface area contributed by atoms with Crippen LogP contribution < -0.4 is 20.1 Å². The van der Waals surface area contributed by atoms with Crippen molar-refractivity contribution in [1.29, 1.82) is 0 Å². The molecule has 2 saturated heterocycles. The van der Waals surface area contributed by atoms with Gasteiger partial charge in [0.05, 0.1) is 23.8 Å². The van der Waals surface area contributed by atoms with Gasteiger partial charge in [0.15, 0.2) is 6.10 Å². The number of rotatable bonds is 6. The first-order chi connectivity index (χ1) is 19.4. The van der Waals surface area contributed by atoms with Crippen molar-refractivity contribution in [3.05, 3.63) is 53.7 Å². The molecule has 1 unspecified atom stereocenters. The number of fused-ring (bicyclic) bond motifs is 1. The maximum absolute atomic E-state index is 11.9. The van der Waals surface area contributed by atoms with E-state index in [0.717, 1.165) is 52.4 Å². The van der Waals surface area contributed by atoms with Gasteiger partial charge in [0.25, 0.3) is 0 Å². The maximum atomic E-state index is 11.9. The van der Waals surface area contributed by atoms with Gasteiger partial charge in [-0.05, 0) is 56.3 Å². The Kier molecular flexibility index (Phi) is 10.7. The number of aromatic nitrogens is 2. The minimum Gasteiger partial charge on any atom is -0.479 e. The molecular formula is C28H35ClN6O5. The van der Waals surface area contributed by atoms with Crippen LogP contribution >= 0.6 is 11.6 Å². The van der Waals surface area contributed by atoms with Crippen LogP contribution in [0, 0.1) is 0 Å². The van der Waals surface area contributed by atoms with Gasteiger partial charge in [0, 0.05) is 57.4 Å². The normalized spacial score (nSPS) is 16.0. The topological polar surface area (TPSA) is 118 Å². The van der Waals surface area contributed by atoms with E-state index in [9.17, 15) is 9.59 Å². The molecule has 1 aromatic heterocycles. The Morgan fingerprint density at radius 3 is 2.12 bits per heavy atom. The van der Waals surface area contributed by atoms with Crippen molar-refractivity contribution >= 4 is 34.6 Å². The molecule has 5 rings (SSSR count). The third kappa shape index (κ3) is 8.41. The molecule has 2 fully saturated rings. The Morgan fingerprint density at radius 1 is 0.925 bits per heavy atom. The van der Waals surface area contributed by atoms with E-state index in [1.807, 2.05) is 9.80 Å². The molecule has 12 heteroatoms. The maximum Gasteiger partial charge on any atom is 0.347 e. The Morgan fingerprint density at radius 2 is 1.52 bits per heavy atom. The largest absolute Gasteiger partial charge is 0.479 e. The van der Waals surface area contributed by atoms with Gasteiger partial charge in [-0.25, -0.2) is 19.6 Å². The van der Waals surface area contributed by atoms with Crippen molar-refractivity contribution in [3.63, 3.8) is 0 Å². The van der Waals surface area contributed by atoms with Gasteiger partial charge in [-0.15, -0.1) is 0 Å². The van der Waals surface area contributed by atoms with Crippen LogP contribution in [0.1, 0.15) is 13.8 Å². The van der Waals surface area contributed by atoms with Crippen LogP contribution in [-0.4, -0.2) is 96.8 Å². The minimum absolute atomic E-state index is 0.216. The Hall–Kier alpha value is -3.67. The molecule has 2 aliphatic heterocycles. The summed E-state index contributed by atoms with van der Waals surface area (Å²) in [5, 5.41) is 7.10. The number of urea groups is 1. The fourth-order valence-corrected chi connectivity index (χ4v) is 4.31. The summed E-state index contributed by atoms with van der Waals surface area (Å²) in [4.78, 5) is 36.1. The van der Waals surface area contributed by atoms with Crippen LogP contribution in [0.4, 0.5) is 4.79 Å². The number of amides is 2. The zero-order valence-electron chi connectivity index (χ0n) is 22.8. The van der Waals surface area contributed by atoms with E-state index in [-0.39, 0.29) is 6.03 Å². The van der Waals surface area contributed by atoms with Crippen LogP contribution in [0.15, 0.2) is 48.7 Å². The summed E-state index contributed by atoms with van der Waals surface area (Å²) in [6.07, 6.45) is 0.853. The molecule has 2 N–H and O–H groups in total. The third-order valence-electron chi connectivity index (χ3n) is 6.23. The van der Waals surface area contributed by atoms with E-state index >= 15 is 0 Å². The summed E-state index contributed by atoms with van der Waals surface area (Å²) in [7, 11) is 0. The number of nitrogens with zero attached hydrogens (tertiary/aromatic N) is 4. The van der Waals surface area contributed by atoms with E-state index in [1.54, 1.807) is 56.3 Å². The fraction of sp³-hybridized carbons (Fsp3) is 0.429. The van der Waals surface area contributed by atoms with Gasteiger partial charge in [-0.2, -0.15) is 0 Å². The van der Waals surface area contributed by atoms with Crippen molar-refractivity contribution in [3.8, 4) is 17.4 Å². The fourth-order valence-electron chi connectivity index (χ4n) is 4.15. The number of ether oxygens (including phenoxy) is 3. The summed E-state index contributed by atoms with van der Waals surface area (Å²) in [5.41, 5.74) is 1.39. The van der Waals surface area contributed by atoms with E-state index in [2.05, 4.69) is 20.6 Å². The number of benzene rings is 2. The molecule has 1 atom stereocenters. The van der Waals surface area contributed by atoms with Crippen LogP contribution in [0.3, 0.4) is 0 Å². The monoisotopic (exact) mass is 570 g/mol. The molecule has 214 valence electrons. The SMILES string of the molecule is CCOC(=O)C(C)Oc1ccc(Oc2cnc3cc(Cl)ccc3n2)cc1.O=C(N1CCNCC1)N1CCNCC1. The molecule has 3 aromatic rings. The van der Waals surface area contributed by atoms with Crippen molar-refractivity contribution in [2.75, 3.05) is 59.0 Å². The molecule has 0 radical (unpaired) electrons. The number of esters is 1. The zero-order chi connectivity index (χ0) is 28.3. The average Bonchev–Trinajstić information content (AvgIpc) is 2.99. The highest BCUT2D eigenvalue weighted by Gasteiger charge is 2.23. The van der Waals surface area contributed by atoms with Gasteiger partial charge in [-0.3, -0.25) is 0 Å². The third-order valence-corrected chi connectivity index (χ3v) is 6.47. The van der Waals surface area contributed by atoms with Gasteiger partial charge >= 0.3 is 12.0 Å². The van der Waals surface area contributed by atoms with Gasteiger partial charge in [0.1, 0.15) is 11.5 Å². The van der Waals surface area contributed by atoms with Crippen LogP contribution in [-0.2, 0) is 9.53 Å². The summed E-state index contributed by atoms with van der Waals surface area (Å²) in [5.74, 6) is 1.08. The molecule has 0 aliphatic carbocycles. The molecule has 2 aliphatic rings. The molecule has 3 heterocycles. The predicted molar refractivity (Wildman–Crippen MR) is 152 cm³/mol. The lowest BCUT2D eigenvalue weighted by atomic mass is 10.3.